The van der Waals surface area contributed by atoms with Crippen molar-refractivity contribution in [3.8, 4) is 0 Å². The Morgan fingerprint density at radius 3 is 1.95 bits per heavy atom. The molecule has 1 aliphatic rings. The molecule has 1 unspecified atom stereocenters. The number of aliphatic hydroxyl groups excluding tert-OH is 3. The van der Waals surface area contributed by atoms with Crippen molar-refractivity contribution in [2.75, 3.05) is 47.5 Å². The van der Waals surface area contributed by atoms with Crippen molar-refractivity contribution in [2.24, 2.45) is 11.8 Å². The number of hydrogen-bond acceptors (Lipinski definition) is 11. The van der Waals surface area contributed by atoms with E-state index in [-0.39, 0.29) is 37.9 Å². The van der Waals surface area contributed by atoms with Crippen LogP contribution < -0.4 is 4.89 Å². The van der Waals surface area contributed by atoms with Gasteiger partial charge in [-0.15, -0.1) is 0 Å². The average molecular weight is 886 g/mol. The van der Waals surface area contributed by atoms with E-state index >= 15 is 0 Å². The summed E-state index contributed by atoms with van der Waals surface area (Å²) < 4.78 is 34.0. The van der Waals surface area contributed by atoms with Gasteiger partial charge in [0.2, 0.25) is 0 Å². The highest BCUT2D eigenvalue weighted by atomic mass is 31.2. The highest BCUT2D eigenvalue weighted by Crippen LogP contribution is 2.39. The van der Waals surface area contributed by atoms with Crippen LogP contribution in [0.2, 0.25) is 0 Å². The first-order chi connectivity index (χ1) is 29.2. The summed E-state index contributed by atoms with van der Waals surface area (Å²) in [6.07, 6.45) is 32.3. The second-order valence-corrected chi connectivity index (χ2v) is 19.5. The molecule has 0 amide bonds. The van der Waals surface area contributed by atoms with Crippen LogP contribution in [0, 0.1) is 11.8 Å². The van der Waals surface area contributed by atoms with Crippen molar-refractivity contribution in [1.29, 1.82) is 0 Å². The molecule has 0 spiro atoms. The molecular weight excluding hydrogens is 797 g/mol. The number of carbonyl (C=O) groups excluding carboxylic acids is 2. The lowest BCUT2D eigenvalue weighted by Crippen LogP contribution is -2.37. The number of phosphoric acid groups is 1. The minimum absolute atomic E-state index is 0.0711. The molecule has 1 saturated carbocycles. The van der Waals surface area contributed by atoms with Gasteiger partial charge in [-0.25, -0.2) is 0 Å². The zero-order valence-corrected chi connectivity index (χ0v) is 39.8. The zero-order valence-electron chi connectivity index (χ0n) is 38.9. The van der Waals surface area contributed by atoms with E-state index in [1.165, 1.54) is 44.9 Å². The number of allylic oxidation sites excluding steroid dienone is 4. The Kier molecular flexibility index (Phi) is 33.2. The van der Waals surface area contributed by atoms with Gasteiger partial charge in [-0.2, -0.15) is 0 Å². The van der Waals surface area contributed by atoms with E-state index in [1.807, 2.05) is 27.2 Å². The summed E-state index contributed by atoms with van der Waals surface area (Å²) in [5, 5.41) is 31.5. The Bertz CT molecular complexity index is 1250. The number of phosphoric ester groups is 1. The van der Waals surface area contributed by atoms with E-state index in [1.54, 1.807) is 6.08 Å². The minimum Gasteiger partial charge on any atom is -0.756 e. The van der Waals surface area contributed by atoms with Crippen LogP contribution in [-0.2, 0) is 32.7 Å². The fourth-order valence-electron chi connectivity index (χ4n) is 7.43. The Labute approximate surface area is 370 Å². The second kappa shape index (κ2) is 35.5. The fourth-order valence-corrected chi connectivity index (χ4v) is 8.16. The maximum absolute atomic E-state index is 12.8. The smallest absolute Gasteiger partial charge is 0.306 e. The summed E-state index contributed by atoms with van der Waals surface area (Å²) >= 11 is 0. The van der Waals surface area contributed by atoms with E-state index in [0.717, 1.165) is 77.0 Å². The number of unbranched alkanes of at least 4 members (excludes halogenated alkanes) is 15. The Morgan fingerprint density at radius 1 is 0.738 bits per heavy atom. The molecule has 1 fully saturated rings. The van der Waals surface area contributed by atoms with Crippen molar-refractivity contribution in [3.63, 3.8) is 0 Å². The predicted molar refractivity (Wildman–Crippen MR) is 242 cm³/mol. The third-order valence-electron chi connectivity index (χ3n) is 11.2. The van der Waals surface area contributed by atoms with Gasteiger partial charge >= 0.3 is 11.9 Å². The second-order valence-electron chi connectivity index (χ2n) is 18.1. The third kappa shape index (κ3) is 32.4. The van der Waals surface area contributed by atoms with E-state index in [2.05, 4.69) is 38.2 Å². The third-order valence-corrected chi connectivity index (χ3v) is 12.2. The largest absolute Gasteiger partial charge is 0.756 e. The maximum atomic E-state index is 12.8. The van der Waals surface area contributed by atoms with Gasteiger partial charge in [-0.05, 0) is 63.7 Å². The topological polar surface area (TPSA) is 172 Å². The summed E-state index contributed by atoms with van der Waals surface area (Å²) in [6.45, 7) is 3.85. The molecule has 1 rings (SSSR count). The van der Waals surface area contributed by atoms with Crippen molar-refractivity contribution in [2.45, 2.75) is 199 Å². The van der Waals surface area contributed by atoms with Gasteiger partial charge in [0.25, 0.3) is 7.82 Å². The minimum atomic E-state index is -4.69. The lowest BCUT2D eigenvalue weighted by Gasteiger charge is -2.28. The number of rotatable bonds is 39. The Morgan fingerprint density at radius 2 is 1.31 bits per heavy atom. The normalized spacial score (nSPS) is 20.5. The van der Waals surface area contributed by atoms with Crippen molar-refractivity contribution in [3.05, 3.63) is 36.5 Å². The van der Waals surface area contributed by atoms with Crippen LogP contribution in [0.4, 0.5) is 0 Å². The van der Waals surface area contributed by atoms with Gasteiger partial charge in [-0.3, -0.25) is 14.2 Å². The summed E-state index contributed by atoms with van der Waals surface area (Å²) in [6, 6.07) is 0. The number of likely N-dealkylation sites (N-methyl/N-ethyl adjacent to an activating group) is 1. The molecule has 0 radical (unpaired) electrons. The molecule has 12 nitrogen and oxygen atoms in total. The molecule has 61 heavy (non-hydrogen) atoms. The van der Waals surface area contributed by atoms with Gasteiger partial charge in [0.15, 0.2) is 6.10 Å². The first-order valence-corrected chi connectivity index (χ1v) is 25.4. The predicted octanol–water partition coefficient (Wildman–Crippen LogP) is 9.44. The molecule has 0 aromatic rings. The highest BCUT2D eigenvalue weighted by molar-refractivity contribution is 7.45. The van der Waals surface area contributed by atoms with Crippen LogP contribution in [0.5, 0.6) is 0 Å². The van der Waals surface area contributed by atoms with Crippen LogP contribution >= 0.6 is 7.82 Å². The number of hydrogen-bond donors (Lipinski definition) is 3. The summed E-state index contributed by atoms with van der Waals surface area (Å²) in [5.41, 5.74) is 0. The summed E-state index contributed by atoms with van der Waals surface area (Å²) in [4.78, 5) is 37.8. The average Bonchev–Trinajstić information content (AvgIpc) is 3.47. The fraction of sp³-hybridized carbons (Fsp3) is 0.833. The van der Waals surface area contributed by atoms with Gasteiger partial charge < -0.3 is 43.2 Å². The molecule has 0 aliphatic heterocycles. The molecule has 0 saturated heterocycles. The van der Waals surface area contributed by atoms with Crippen LogP contribution in [-0.4, -0.2) is 104 Å². The molecule has 0 bridgehead atoms. The van der Waals surface area contributed by atoms with Crippen molar-refractivity contribution >= 4 is 19.8 Å². The van der Waals surface area contributed by atoms with Gasteiger partial charge in [0, 0.05) is 25.2 Å². The molecule has 0 aromatic heterocycles. The SMILES string of the molecule is CCCCC/C=C\C/C=C\CCCCCCCCCC(=O)OC[C@H](COP(=O)([O-])OCC[N+](C)(C)C)OC(=O)CCCCCC[C@@H]1[C@@H](/C=C/[C@@H](O)CCCCC)[C@H](O)C[C@@H]1O. The van der Waals surface area contributed by atoms with Crippen LogP contribution in [0.1, 0.15) is 174 Å². The zero-order chi connectivity index (χ0) is 45.2. The molecule has 1 aliphatic carbocycles. The molecule has 13 heteroatoms. The van der Waals surface area contributed by atoms with Gasteiger partial charge in [0.1, 0.15) is 19.8 Å². The number of carbonyl (C=O) groups is 2. The molecule has 7 atom stereocenters. The van der Waals surface area contributed by atoms with E-state index in [9.17, 15) is 34.4 Å². The Balaban J connectivity index is 2.44. The quantitative estimate of drug-likeness (QED) is 0.0177. The highest BCUT2D eigenvalue weighted by Gasteiger charge is 2.39. The van der Waals surface area contributed by atoms with Gasteiger partial charge in [0.05, 0.1) is 46.1 Å². The van der Waals surface area contributed by atoms with Crippen LogP contribution in [0.3, 0.4) is 0 Å². The van der Waals surface area contributed by atoms with E-state index in [0.29, 0.717) is 36.7 Å². The summed E-state index contributed by atoms with van der Waals surface area (Å²) in [7, 11) is 1.03. The first-order valence-electron chi connectivity index (χ1n) is 24.0. The number of nitrogens with zero attached hydrogens (tertiary/aromatic N) is 1. The lowest BCUT2D eigenvalue weighted by atomic mass is 9.88. The first kappa shape index (κ1) is 57.1. The van der Waals surface area contributed by atoms with Crippen LogP contribution in [0.25, 0.3) is 0 Å². The molecule has 0 aromatic carbocycles. The molecular formula is C48H88NO11P. The van der Waals surface area contributed by atoms with Crippen molar-refractivity contribution in [1.82, 2.24) is 0 Å². The van der Waals surface area contributed by atoms with E-state index in [4.69, 9.17) is 18.5 Å². The summed E-state index contributed by atoms with van der Waals surface area (Å²) in [5.74, 6) is -1.29. The standard InChI is InChI=1S/C48H88NO11P/c1-6-8-10-11-12-13-14-15-16-17-18-19-20-21-22-23-28-32-47(53)57-39-42(40-59-61(55,56)58-37-36-49(3,4)5)60-48(54)33-29-25-24-27-31-43-44(46(52)38-45(43)51)35-34-41(50)30-26-9-7-2/h12-13,15-16,34-35,41-46,50-52H,6-11,14,17-33,36-40H2,1-5H3/b13-12-,16-15-,35-34+/t41-,42+,43+,44+,45-,46+/m0/s1. The number of esters is 2. The lowest BCUT2D eigenvalue weighted by molar-refractivity contribution is -0.870. The number of aliphatic hydroxyl groups is 3. The number of ether oxygens (including phenoxy) is 2. The van der Waals surface area contributed by atoms with Crippen LogP contribution in [0.15, 0.2) is 36.5 Å². The van der Waals surface area contributed by atoms with E-state index < -0.39 is 50.8 Å². The molecule has 0 heterocycles. The Hall–Kier alpha value is -1.89. The molecule has 3 N–H and O–H groups in total. The number of quaternary nitrogens is 1. The van der Waals surface area contributed by atoms with Crippen molar-refractivity contribution < 1.29 is 57.4 Å². The maximum Gasteiger partial charge on any atom is 0.306 e. The monoisotopic (exact) mass is 886 g/mol. The van der Waals surface area contributed by atoms with Gasteiger partial charge in [-0.1, -0.05) is 134 Å². The molecule has 356 valence electrons.